The number of nitrogens with two attached hydrogens (primary N) is 2. The van der Waals surface area contributed by atoms with Crippen molar-refractivity contribution in [3.05, 3.63) is 0 Å². The Kier molecular flexibility index (Phi) is 8.27. The van der Waals surface area contributed by atoms with Crippen molar-refractivity contribution >= 4 is 17.9 Å². The lowest BCUT2D eigenvalue weighted by atomic mass is 10.1. The van der Waals surface area contributed by atoms with E-state index in [-0.39, 0.29) is 12.6 Å². The molecule has 0 saturated heterocycles. The van der Waals surface area contributed by atoms with Crippen LogP contribution < -0.4 is 22.1 Å². The van der Waals surface area contributed by atoms with E-state index in [0.29, 0.717) is 19.4 Å². The molecule has 0 fully saturated rings. The van der Waals surface area contributed by atoms with Gasteiger partial charge in [0.2, 0.25) is 5.91 Å². The summed E-state index contributed by atoms with van der Waals surface area (Å²) in [6.07, 6.45) is 0.678. The first kappa shape index (κ1) is 17.2. The zero-order valence-electron chi connectivity index (χ0n) is 11.3. The van der Waals surface area contributed by atoms with Gasteiger partial charge in [0.15, 0.2) is 0 Å². The van der Waals surface area contributed by atoms with E-state index in [9.17, 15) is 14.4 Å². The Hall–Kier alpha value is -1.83. The summed E-state index contributed by atoms with van der Waals surface area (Å²) in [5.41, 5.74) is 10.5. The maximum Gasteiger partial charge on any atom is 0.325 e. The molecule has 3 amide bonds. The predicted molar refractivity (Wildman–Crippen MR) is 69.0 cm³/mol. The molecule has 19 heavy (non-hydrogen) atoms. The number of hydrogen-bond acceptors (Lipinski definition) is 5. The number of esters is 1. The summed E-state index contributed by atoms with van der Waals surface area (Å²) in [4.78, 5) is 33.1. The van der Waals surface area contributed by atoms with Crippen molar-refractivity contribution in [3.8, 4) is 0 Å². The second-order valence-corrected chi connectivity index (χ2v) is 4.30. The summed E-state index contributed by atoms with van der Waals surface area (Å²) in [6, 6.07) is -1.35. The summed E-state index contributed by atoms with van der Waals surface area (Å²) in [5.74, 6) is -0.939. The average molecular weight is 274 g/mol. The highest BCUT2D eigenvalue weighted by atomic mass is 16.5. The van der Waals surface area contributed by atoms with Gasteiger partial charge < -0.3 is 26.8 Å². The molecule has 0 aliphatic rings. The molecule has 0 heterocycles. The molecule has 6 N–H and O–H groups in total. The molecule has 0 aliphatic heterocycles. The van der Waals surface area contributed by atoms with Crippen molar-refractivity contribution < 1.29 is 19.1 Å². The van der Waals surface area contributed by atoms with Crippen LogP contribution in [-0.2, 0) is 14.3 Å². The number of carbonyl (C=O) groups is 3. The Morgan fingerprint density at radius 1 is 1.21 bits per heavy atom. The molecule has 0 aromatic carbocycles. The number of amides is 3. The number of ether oxygens (including phenoxy) is 1. The van der Waals surface area contributed by atoms with E-state index >= 15 is 0 Å². The minimum atomic E-state index is -0.735. The van der Waals surface area contributed by atoms with Crippen LogP contribution in [0.2, 0.25) is 0 Å². The number of primary amides is 1. The molecule has 0 saturated carbocycles. The van der Waals surface area contributed by atoms with Gasteiger partial charge in [0.05, 0.1) is 12.1 Å². The smallest absolute Gasteiger partial charge is 0.325 e. The van der Waals surface area contributed by atoms with Crippen molar-refractivity contribution in [2.75, 3.05) is 13.1 Å². The molecule has 110 valence electrons. The monoisotopic (exact) mass is 274 g/mol. The van der Waals surface area contributed by atoms with E-state index in [1.54, 1.807) is 13.8 Å². The molecule has 0 rings (SSSR count). The molecule has 8 heteroatoms. The van der Waals surface area contributed by atoms with Gasteiger partial charge in [-0.25, -0.2) is 4.79 Å². The molecule has 0 aromatic heterocycles. The first-order valence-electron chi connectivity index (χ1n) is 6.09. The SMILES string of the molecule is CC(C)OC(=O)CNC(=O)C(N)CCCNC(N)=O. The Labute approximate surface area is 112 Å². The van der Waals surface area contributed by atoms with E-state index in [1.807, 2.05) is 0 Å². The molecule has 0 bridgehead atoms. The van der Waals surface area contributed by atoms with Gasteiger partial charge in [-0.15, -0.1) is 0 Å². The van der Waals surface area contributed by atoms with Gasteiger partial charge in [0.1, 0.15) is 6.54 Å². The molecular weight excluding hydrogens is 252 g/mol. The molecule has 0 radical (unpaired) electrons. The summed E-state index contributed by atoms with van der Waals surface area (Å²) in [6.45, 7) is 3.59. The lowest BCUT2D eigenvalue weighted by Gasteiger charge is -2.13. The van der Waals surface area contributed by atoms with Crippen molar-refractivity contribution in [3.63, 3.8) is 0 Å². The van der Waals surface area contributed by atoms with Gasteiger partial charge in [0, 0.05) is 6.54 Å². The van der Waals surface area contributed by atoms with Gasteiger partial charge in [-0.3, -0.25) is 9.59 Å². The Bertz CT molecular complexity index is 320. The predicted octanol–water partition coefficient (Wildman–Crippen LogP) is -1.17. The lowest BCUT2D eigenvalue weighted by Crippen LogP contribution is -2.43. The van der Waals surface area contributed by atoms with Crippen molar-refractivity contribution in [2.24, 2.45) is 11.5 Å². The Morgan fingerprint density at radius 3 is 2.37 bits per heavy atom. The van der Waals surface area contributed by atoms with E-state index < -0.39 is 23.9 Å². The second kappa shape index (κ2) is 9.15. The standard InChI is InChI=1S/C11H22N4O4/c1-7(2)19-9(16)6-15-10(17)8(12)4-3-5-14-11(13)18/h7-8H,3-6,12H2,1-2H3,(H,15,17)(H3,13,14,18). The van der Waals surface area contributed by atoms with E-state index in [4.69, 9.17) is 16.2 Å². The number of hydrogen-bond donors (Lipinski definition) is 4. The fraction of sp³-hybridized carbons (Fsp3) is 0.727. The van der Waals surface area contributed by atoms with Crippen LogP contribution in [0.4, 0.5) is 4.79 Å². The van der Waals surface area contributed by atoms with E-state index in [0.717, 1.165) is 0 Å². The third kappa shape index (κ3) is 9.83. The lowest BCUT2D eigenvalue weighted by molar-refractivity contribution is -0.147. The Balaban J connectivity index is 3.75. The highest BCUT2D eigenvalue weighted by molar-refractivity contribution is 5.85. The van der Waals surface area contributed by atoms with Gasteiger partial charge in [0.25, 0.3) is 0 Å². The molecule has 0 spiro atoms. The number of urea groups is 1. The topological polar surface area (TPSA) is 137 Å². The second-order valence-electron chi connectivity index (χ2n) is 4.30. The highest BCUT2D eigenvalue weighted by Gasteiger charge is 2.14. The van der Waals surface area contributed by atoms with Crippen LogP contribution in [0.5, 0.6) is 0 Å². The maximum atomic E-state index is 11.5. The van der Waals surface area contributed by atoms with Crippen LogP contribution in [0, 0.1) is 0 Å². The minimum absolute atomic E-state index is 0.204. The fourth-order valence-corrected chi connectivity index (χ4v) is 1.26. The highest BCUT2D eigenvalue weighted by Crippen LogP contribution is 1.94. The molecule has 1 unspecified atom stereocenters. The summed E-state index contributed by atoms with van der Waals surface area (Å²) >= 11 is 0. The minimum Gasteiger partial charge on any atom is -0.462 e. The van der Waals surface area contributed by atoms with Crippen LogP contribution in [-0.4, -0.2) is 43.1 Å². The summed E-state index contributed by atoms with van der Waals surface area (Å²) in [7, 11) is 0. The fourth-order valence-electron chi connectivity index (χ4n) is 1.26. The van der Waals surface area contributed by atoms with Gasteiger partial charge in [-0.1, -0.05) is 0 Å². The molecule has 8 nitrogen and oxygen atoms in total. The largest absolute Gasteiger partial charge is 0.462 e. The van der Waals surface area contributed by atoms with Crippen LogP contribution >= 0.6 is 0 Å². The quantitative estimate of drug-likeness (QED) is 0.326. The maximum absolute atomic E-state index is 11.5. The van der Waals surface area contributed by atoms with Crippen molar-refractivity contribution in [2.45, 2.75) is 38.8 Å². The van der Waals surface area contributed by atoms with E-state index in [2.05, 4.69) is 10.6 Å². The number of nitrogens with one attached hydrogen (secondary N) is 2. The normalized spacial score (nSPS) is 11.8. The Morgan fingerprint density at radius 2 is 1.84 bits per heavy atom. The number of rotatable bonds is 8. The van der Waals surface area contributed by atoms with Crippen LogP contribution in [0.3, 0.4) is 0 Å². The first-order chi connectivity index (χ1) is 8.82. The molecule has 0 aromatic rings. The summed E-state index contributed by atoms with van der Waals surface area (Å²) in [5, 5.41) is 4.78. The molecule has 0 aliphatic carbocycles. The van der Waals surface area contributed by atoms with Crippen LogP contribution in [0.15, 0.2) is 0 Å². The van der Waals surface area contributed by atoms with Gasteiger partial charge >= 0.3 is 12.0 Å². The van der Waals surface area contributed by atoms with Gasteiger partial charge in [-0.2, -0.15) is 0 Å². The van der Waals surface area contributed by atoms with E-state index in [1.165, 1.54) is 0 Å². The molecule has 1 atom stereocenters. The zero-order chi connectivity index (χ0) is 14.8. The molecular formula is C11H22N4O4. The third-order valence-electron chi connectivity index (χ3n) is 2.10. The summed E-state index contributed by atoms with van der Waals surface area (Å²) < 4.78 is 4.85. The van der Waals surface area contributed by atoms with Crippen LogP contribution in [0.25, 0.3) is 0 Å². The zero-order valence-corrected chi connectivity index (χ0v) is 11.3. The average Bonchev–Trinajstić information content (AvgIpc) is 2.30. The van der Waals surface area contributed by atoms with Crippen LogP contribution in [0.1, 0.15) is 26.7 Å². The third-order valence-corrected chi connectivity index (χ3v) is 2.10. The van der Waals surface area contributed by atoms with Crippen molar-refractivity contribution in [1.82, 2.24) is 10.6 Å². The van der Waals surface area contributed by atoms with Gasteiger partial charge in [-0.05, 0) is 26.7 Å². The first-order valence-corrected chi connectivity index (χ1v) is 6.09. The van der Waals surface area contributed by atoms with Crippen molar-refractivity contribution in [1.29, 1.82) is 0 Å². The number of carbonyl (C=O) groups excluding carboxylic acids is 3.